The Morgan fingerprint density at radius 1 is 0.914 bits per heavy atom. The summed E-state index contributed by atoms with van der Waals surface area (Å²) in [6.45, 7) is 17.1. The summed E-state index contributed by atoms with van der Waals surface area (Å²) >= 11 is 0. The molecule has 3 saturated heterocycles. The van der Waals surface area contributed by atoms with Crippen molar-refractivity contribution in [1.29, 1.82) is 0 Å². The van der Waals surface area contributed by atoms with Crippen LogP contribution in [0.2, 0.25) is 0 Å². The molecule has 0 aliphatic carbocycles. The Balaban J connectivity index is 1.22. The summed E-state index contributed by atoms with van der Waals surface area (Å²) in [5.74, 6) is 0.465. The minimum Gasteiger partial charge on any atom is -0.319 e. The van der Waals surface area contributed by atoms with Crippen molar-refractivity contribution in [3.8, 4) is 0 Å². The molecule has 3 fully saturated rings. The van der Waals surface area contributed by atoms with Crippen LogP contribution in [0.5, 0.6) is 0 Å². The average Bonchev–Trinajstić information content (AvgIpc) is 2.80. The second-order valence-corrected chi connectivity index (χ2v) is 11.7. The molecule has 0 atom stereocenters. The van der Waals surface area contributed by atoms with Gasteiger partial charge in [-0.2, -0.15) is 0 Å². The van der Waals surface area contributed by atoms with E-state index in [0.29, 0.717) is 24.2 Å². The lowest BCUT2D eigenvalue weighted by Crippen LogP contribution is -2.50. The van der Waals surface area contributed by atoms with E-state index in [4.69, 9.17) is 0 Å². The fourth-order valence-corrected chi connectivity index (χ4v) is 5.47. The van der Waals surface area contributed by atoms with Crippen LogP contribution >= 0.6 is 0 Å². The molecule has 1 aromatic heterocycles. The lowest BCUT2D eigenvalue weighted by atomic mass is 9.95. The number of nitrogens with one attached hydrogen (secondary N) is 1. The number of imide groups is 1. The molecule has 0 radical (unpaired) electrons. The first-order valence-corrected chi connectivity index (χ1v) is 13.1. The van der Waals surface area contributed by atoms with Crippen molar-refractivity contribution in [1.82, 2.24) is 29.5 Å². The number of rotatable bonds is 7. The Hall–Kier alpha value is -2.23. The van der Waals surface area contributed by atoms with Gasteiger partial charge in [-0.3, -0.25) is 19.8 Å². The van der Waals surface area contributed by atoms with E-state index in [0.717, 1.165) is 19.0 Å². The molecule has 0 aromatic carbocycles. The Bertz CT molecular complexity index is 939. The predicted octanol–water partition coefficient (Wildman–Crippen LogP) is 1.62. The summed E-state index contributed by atoms with van der Waals surface area (Å²) in [4.78, 5) is 45.6. The van der Waals surface area contributed by atoms with E-state index in [1.165, 1.54) is 57.0 Å². The van der Waals surface area contributed by atoms with Gasteiger partial charge < -0.3 is 19.3 Å². The summed E-state index contributed by atoms with van der Waals surface area (Å²) < 4.78 is 1.75. The lowest BCUT2D eigenvalue weighted by molar-refractivity contribution is -0.121. The van der Waals surface area contributed by atoms with Gasteiger partial charge in [-0.1, -0.05) is 26.8 Å². The molecule has 1 N–H and O–H groups in total. The summed E-state index contributed by atoms with van der Waals surface area (Å²) in [6, 6.07) is 3.22. The highest BCUT2D eigenvalue weighted by atomic mass is 16.2. The smallest absolute Gasteiger partial charge is 0.319 e. The molecule has 0 unspecified atom stereocenters. The Morgan fingerprint density at radius 3 is 2.26 bits per heavy atom. The number of nitrogens with zero attached hydrogens (tertiary/aromatic N) is 5. The molecule has 3 aliphatic heterocycles. The number of carbonyl (C=O) groups excluding carboxylic acids is 2. The van der Waals surface area contributed by atoms with Crippen LogP contribution in [0.3, 0.4) is 0 Å². The fraction of sp³-hybridized carbons (Fsp3) is 0.731. The molecule has 35 heavy (non-hydrogen) atoms. The number of amides is 3. The first-order valence-electron chi connectivity index (χ1n) is 13.1. The zero-order valence-corrected chi connectivity index (χ0v) is 21.7. The van der Waals surface area contributed by atoms with E-state index < -0.39 is 6.03 Å². The zero-order valence-electron chi connectivity index (χ0n) is 21.7. The van der Waals surface area contributed by atoms with Crippen molar-refractivity contribution < 1.29 is 9.59 Å². The molecular formula is C26H42N6O3. The van der Waals surface area contributed by atoms with Crippen LogP contribution in [0.25, 0.3) is 0 Å². The van der Waals surface area contributed by atoms with Crippen LogP contribution in [-0.4, -0.2) is 95.0 Å². The molecule has 4 rings (SSSR count). The first-order chi connectivity index (χ1) is 16.7. The van der Waals surface area contributed by atoms with Crippen molar-refractivity contribution in [3.05, 3.63) is 34.2 Å². The van der Waals surface area contributed by atoms with Gasteiger partial charge in [0.1, 0.15) is 0 Å². The van der Waals surface area contributed by atoms with Gasteiger partial charge in [-0.25, -0.2) is 4.79 Å². The summed E-state index contributed by atoms with van der Waals surface area (Å²) in [6.07, 6.45) is 4.43. The second kappa shape index (κ2) is 11.2. The molecule has 194 valence electrons. The molecule has 0 bridgehead atoms. The Kier molecular flexibility index (Phi) is 8.29. The number of hydrogen-bond donors (Lipinski definition) is 1. The standard InChI is InChI=1S/C26H42N6O3/c1-26(2,3)19-29-15-13-28(14-16-29)17-21-6-10-30(11-7-21)20-32-9-4-5-22(24(32)34)18-31-12-8-23(33)27-25(31)35/h4-5,9,21H,6-8,10-20H2,1-3H3,(H,27,33,35). The maximum absolute atomic E-state index is 13.0. The third-order valence-electron chi connectivity index (χ3n) is 7.34. The van der Waals surface area contributed by atoms with E-state index in [1.807, 2.05) is 12.3 Å². The van der Waals surface area contributed by atoms with Crippen molar-refractivity contribution in [2.24, 2.45) is 11.3 Å². The van der Waals surface area contributed by atoms with E-state index >= 15 is 0 Å². The normalized spacial score (nSPS) is 22.0. The number of likely N-dealkylation sites (tertiary alicyclic amines) is 1. The number of piperidine rings is 1. The van der Waals surface area contributed by atoms with Crippen LogP contribution in [0.4, 0.5) is 4.79 Å². The molecule has 3 aliphatic rings. The molecule has 3 amide bonds. The van der Waals surface area contributed by atoms with Crippen LogP contribution in [-0.2, 0) is 18.0 Å². The SMILES string of the molecule is CC(C)(C)CN1CCN(CC2CCN(Cn3cccc(CN4CCC(=O)NC4=O)c3=O)CC2)CC1. The average molecular weight is 487 g/mol. The van der Waals surface area contributed by atoms with Crippen LogP contribution in [0.15, 0.2) is 23.1 Å². The van der Waals surface area contributed by atoms with Gasteiger partial charge in [-0.05, 0) is 30.2 Å². The van der Waals surface area contributed by atoms with Gasteiger partial charge in [0, 0.05) is 77.1 Å². The van der Waals surface area contributed by atoms with Gasteiger partial charge in [0.2, 0.25) is 5.91 Å². The van der Waals surface area contributed by atoms with Gasteiger partial charge in [0.25, 0.3) is 5.56 Å². The second-order valence-electron chi connectivity index (χ2n) is 11.7. The molecule has 9 heteroatoms. The predicted molar refractivity (Wildman–Crippen MR) is 136 cm³/mol. The van der Waals surface area contributed by atoms with E-state index in [9.17, 15) is 14.4 Å². The molecule has 1 aromatic rings. The summed E-state index contributed by atoms with van der Waals surface area (Å²) in [5, 5.41) is 2.32. The topological polar surface area (TPSA) is 81.1 Å². The van der Waals surface area contributed by atoms with E-state index in [2.05, 4.69) is 40.8 Å². The number of piperazine rings is 1. The molecule has 9 nitrogen and oxygen atoms in total. The van der Waals surface area contributed by atoms with E-state index in [1.54, 1.807) is 10.6 Å². The first kappa shape index (κ1) is 25.9. The Morgan fingerprint density at radius 2 is 1.60 bits per heavy atom. The highest BCUT2D eigenvalue weighted by Crippen LogP contribution is 2.21. The molecule has 0 spiro atoms. The van der Waals surface area contributed by atoms with Gasteiger partial charge in [0.15, 0.2) is 0 Å². The maximum atomic E-state index is 13.0. The summed E-state index contributed by atoms with van der Waals surface area (Å²) in [7, 11) is 0. The van der Waals surface area contributed by atoms with Crippen molar-refractivity contribution in [2.75, 3.05) is 58.9 Å². The zero-order chi connectivity index (χ0) is 25.0. The van der Waals surface area contributed by atoms with Gasteiger partial charge in [-0.15, -0.1) is 0 Å². The number of pyridine rings is 1. The summed E-state index contributed by atoms with van der Waals surface area (Å²) in [5.41, 5.74) is 0.879. The fourth-order valence-electron chi connectivity index (χ4n) is 5.47. The molecular weight excluding hydrogens is 444 g/mol. The maximum Gasteiger partial charge on any atom is 0.324 e. The number of carbonyl (C=O) groups is 2. The minimum atomic E-state index is -0.422. The number of aromatic nitrogens is 1. The highest BCUT2D eigenvalue weighted by Gasteiger charge is 2.26. The van der Waals surface area contributed by atoms with Gasteiger partial charge >= 0.3 is 6.03 Å². The van der Waals surface area contributed by atoms with E-state index in [-0.39, 0.29) is 24.4 Å². The quantitative estimate of drug-likeness (QED) is 0.631. The van der Waals surface area contributed by atoms with Crippen LogP contribution < -0.4 is 10.9 Å². The Labute approximate surface area is 209 Å². The molecule has 0 saturated carbocycles. The minimum absolute atomic E-state index is 0.0625. The molecule has 4 heterocycles. The highest BCUT2D eigenvalue weighted by molar-refractivity contribution is 5.96. The monoisotopic (exact) mass is 486 g/mol. The third kappa shape index (κ3) is 7.38. The van der Waals surface area contributed by atoms with Crippen LogP contribution in [0, 0.1) is 11.3 Å². The van der Waals surface area contributed by atoms with Crippen molar-refractivity contribution >= 4 is 11.9 Å². The number of hydrogen-bond acceptors (Lipinski definition) is 6. The van der Waals surface area contributed by atoms with Crippen molar-refractivity contribution in [3.63, 3.8) is 0 Å². The largest absolute Gasteiger partial charge is 0.324 e. The van der Waals surface area contributed by atoms with Gasteiger partial charge in [0.05, 0.1) is 13.2 Å². The lowest BCUT2D eigenvalue weighted by Gasteiger charge is -2.40. The number of urea groups is 1. The third-order valence-corrected chi connectivity index (χ3v) is 7.34. The van der Waals surface area contributed by atoms with Crippen molar-refractivity contribution in [2.45, 2.75) is 53.2 Å². The van der Waals surface area contributed by atoms with Crippen LogP contribution in [0.1, 0.15) is 45.6 Å².